The first-order valence-corrected chi connectivity index (χ1v) is 6.52. The van der Waals surface area contributed by atoms with Gasteiger partial charge in [-0.15, -0.1) is 0 Å². The van der Waals surface area contributed by atoms with E-state index in [1.54, 1.807) is 24.3 Å². The Hall–Kier alpha value is -2.39. The fourth-order valence-corrected chi connectivity index (χ4v) is 2.56. The number of fused-ring (bicyclic) bond motifs is 4. The molecule has 0 aromatic heterocycles. The average molecular weight is 282 g/mol. The third-order valence-electron chi connectivity index (χ3n) is 3.32. The SMILES string of the molecule is O=c1cc2oc3cc(Cl)ccc3nc-2c2ccccc12. The third-order valence-corrected chi connectivity index (χ3v) is 3.55. The summed E-state index contributed by atoms with van der Waals surface area (Å²) in [6.07, 6.45) is 0. The second-order valence-electron chi connectivity index (χ2n) is 4.59. The van der Waals surface area contributed by atoms with Gasteiger partial charge in [0.1, 0.15) is 11.2 Å². The highest BCUT2D eigenvalue weighted by Crippen LogP contribution is 2.30. The summed E-state index contributed by atoms with van der Waals surface area (Å²) in [5.41, 5.74) is 1.90. The number of halogens is 1. The third kappa shape index (κ3) is 1.60. The van der Waals surface area contributed by atoms with Crippen LogP contribution < -0.4 is 5.43 Å². The highest BCUT2D eigenvalue weighted by molar-refractivity contribution is 6.31. The summed E-state index contributed by atoms with van der Waals surface area (Å²) < 4.78 is 5.77. The molecule has 0 saturated carbocycles. The van der Waals surface area contributed by atoms with Crippen molar-refractivity contribution in [1.82, 2.24) is 4.98 Å². The quantitative estimate of drug-likeness (QED) is 0.360. The molecule has 1 heterocycles. The molecular weight excluding hydrogens is 274 g/mol. The van der Waals surface area contributed by atoms with E-state index in [2.05, 4.69) is 4.98 Å². The summed E-state index contributed by atoms with van der Waals surface area (Å²) in [4.78, 5) is 16.7. The van der Waals surface area contributed by atoms with E-state index >= 15 is 0 Å². The van der Waals surface area contributed by atoms with Gasteiger partial charge >= 0.3 is 0 Å². The molecule has 0 spiro atoms. The molecule has 4 heteroatoms. The van der Waals surface area contributed by atoms with Crippen molar-refractivity contribution in [3.8, 4) is 11.5 Å². The molecule has 0 amide bonds. The van der Waals surface area contributed by atoms with Crippen molar-refractivity contribution < 1.29 is 4.42 Å². The number of hydrogen-bond donors (Lipinski definition) is 0. The first-order chi connectivity index (χ1) is 9.72. The second-order valence-corrected chi connectivity index (χ2v) is 5.03. The van der Waals surface area contributed by atoms with Crippen LogP contribution >= 0.6 is 11.6 Å². The summed E-state index contributed by atoms with van der Waals surface area (Å²) in [6, 6.07) is 14.1. The van der Waals surface area contributed by atoms with Crippen LogP contribution in [0.3, 0.4) is 0 Å². The van der Waals surface area contributed by atoms with Gasteiger partial charge in [-0.25, -0.2) is 4.98 Å². The van der Waals surface area contributed by atoms with Gasteiger partial charge in [0.05, 0.1) is 0 Å². The maximum atomic E-state index is 12.1. The van der Waals surface area contributed by atoms with Gasteiger partial charge < -0.3 is 4.42 Å². The van der Waals surface area contributed by atoms with Gasteiger partial charge in [0.15, 0.2) is 16.8 Å². The van der Waals surface area contributed by atoms with Crippen LogP contribution in [-0.4, -0.2) is 4.98 Å². The molecule has 0 fully saturated rings. The van der Waals surface area contributed by atoms with Gasteiger partial charge in [-0.1, -0.05) is 35.9 Å². The van der Waals surface area contributed by atoms with Gasteiger partial charge in [0.25, 0.3) is 0 Å². The Morgan fingerprint density at radius 1 is 1.00 bits per heavy atom. The van der Waals surface area contributed by atoms with Crippen molar-refractivity contribution in [1.29, 1.82) is 0 Å². The fraction of sp³-hybridized carbons (Fsp3) is 0. The Morgan fingerprint density at radius 2 is 1.80 bits per heavy atom. The molecule has 1 aliphatic heterocycles. The van der Waals surface area contributed by atoms with Crippen molar-refractivity contribution in [2.75, 3.05) is 0 Å². The van der Waals surface area contributed by atoms with Crippen LogP contribution in [0.25, 0.3) is 33.3 Å². The van der Waals surface area contributed by atoms with Crippen molar-refractivity contribution >= 4 is 33.5 Å². The predicted octanol–water partition coefficient (Wildman–Crippen LogP) is 4.10. The highest BCUT2D eigenvalue weighted by atomic mass is 35.5. The summed E-state index contributed by atoms with van der Waals surface area (Å²) >= 11 is 5.95. The summed E-state index contributed by atoms with van der Waals surface area (Å²) in [7, 11) is 0. The van der Waals surface area contributed by atoms with Gasteiger partial charge in [-0.3, -0.25) is 4.79 Å². The zero-order chi connectivity index (χ0) is 13.7. The molecule has 0 bridgehead atoms. The predicted molar refractivity (Wildman–Crippen MR) is 79.4 cm³/mol. The molecule has 1 aliphatic carbocycles. The molecule has 96 valence electrons. The Morgan fingerprint density at radius 3 is 2.65 bits per heavy atom. The number of aromatic nitrogens is 1. The van der Waals surface area contributed by atoms with Crippen LogP contribution in [0.5, 0.6) is 0 Å². The summed E-state index contributed by atoms with van der Waals surface area (Å²) in [6.45, 7) is 0. The highest BCUT2D eigenvalue weighted by Gasteiger charge is 2.15. The van der Waals surface area contributed by atoms with E-state index in [1.165, 1.54) is 6.07 Å². The first-order valence-electron chi connectivity index (χ1n) is 6.14. The number of rotatable bonds is 0. The monoisotopic (exact) mass is 281 g/mol. The molecule has 0 saturated heterocycles. The lowest BCUT2D eigenvalue weighted by Gasteiger charge is -2.09. The zero-order valence-electron chi connectivity index (χ0n) is 10.3. The molecule has 4 rings (SSSR count). The average Bonchev–Trinajstić information content (AvgIpc) is 2.46. The minimum Gasteiger partial charge on any atom is -0.453 e. The Kier molecular flexibility index (Phi) is 2.32. The standard InChI is InChI=1S/C16H8ClNO2/c17-9-5-6-12-14(7-9)20-15-8-13(19)10-3-1-2-4-11(10)16(15)18-12/h1-8H. The van der Waals surface area contributed by atoms with Crippen LogP contribution in [0.2, 0.25) is 5.02 Å². The van der Waals surface area contributed by atoms with E-state index < -0.39 is 0 Å². The van der Waals surface area contributed by atoms with Crippen LogP contribution in [0.4, 0.5) is 0 Å². The molecule has 0 radical (unpaired) electrons. The Bertz CT molecular complexity index is 990. The Balaban J connectivity index is 2.25. The molecule has 0 N–H and O–H groups in total. The van der Waals surface area contributed by atoms with Crippen molar-refractivity contribution in [3.63, 3.8) is 0 Å². The van der Waals surface area contributed by atoms with E-state index in [0.717, 1.165) is 5.39 Å². The van der Waals surface area contributed by atoms with Crippen molar-refractivity contribution in [2.24, 2.45) is 0 Å². The van der Waals surface area contributed by atoms with Crippen LogP contribution in [0.1, 0.15) is 0 Å². The van der Waals surface area contributed by atoms with Gasteiger partial charge in [-0.2, -0.15) is 0 Å². The number of hydrogen-bond acceptors (Lipinski definition) is 3. The minimum absolute atomic E-state index is 0.0694. The maximum Gasteiger partial charge on any atom is 0.190 e. The molecule has 2 aromatic rings. The van der Waals surface area contributed by atoms with E-state index in [4.69, 9.17) is 16.0 Å². The van der Waals surface area contributed by atoms with E-state index in [1.807, 2.05) is 18.2 Å². The zero-order valence-corrected chi connectivity index (χ0v) is 11.0. The smallest absolute Gasteiger partial charge is 0.190 e. The molecule has 0 atom stereocenters. The topological polar surface area (TPSA) is 43.1 Å². The second kappa shape index (κ2) is 4.05. The first kappa shape index (κ1) is 11.4. The van der Waals surface area contributed by atoms with Gasteiger partial charge in [-0.05, 0) is 12.1 Å². The van der Waals surface area contributed by atoms with E-state index in [9.17, 15) is 4.79 Å². The van der Waals surface area contributed by atoms with Crippen molar-refractivity contribution in [3.05, 3.63) is 63.8 Å². The molecule has 3 nitrogen and oxygen atoms in total. The van der Waals surface area contributed by atoms with E-state index in [0.29, 0.717) is 33.0 Å². The van der Waals surface area contributed by atoms with Crippen molar-refractivity contribution in [2.45, 2.75) is 0 Å². The molecule has 2 aromatic carbocycles. The fourth-order valence-electron chi connectivity index (χ4n) is 2.40. The number of benzene rings is 3. The molecule has 0 unspecified atom stereocenters. The van der Waals surface area contributed by atoms with Crippen LogP contribution in [0, 0.1) is 0 Å². The summed E-state index contributed by atoms with van der Waals surface area (Å²) in [5, 5.41) is 2.03. The van der Waals surface area contributed by atoms with Gasteiger partial charge in [0.2, 0.25) is 0 Å². The normalized spacial score (nSPS) is 11.4. The molecule has 2 aliphatic rings. The van der Waals surface area contributed by atoms with Crippen LogP contribution in [0.15, 0.2) is 57.7 Å². The number of nitrogens with zero attached hydrogens (tertiary/aromatic N) is 1. The van der Waals surface area contributed by atoms with Crippen LogP contribution in [-0.2, 0) is 0 Å². The molecule has 20 heavy (non-hydrogen) atoms. The van der Waals surface area contributed by atoms with E-state index in [-0.39, 0.29) is 5.43 Å². The van der Waals surface area contributed by atoms with Gasteiger partial charge in [0, 0.05) is 27.9 Å². The lowest BCUT2D eigenvalue weighted by Crippen LogP contribution is -2.03. The summed E-state index contributed by atoms with van der Waals surface area (Å²) in [5.74, 6) is 0.475. The Labute approximate surface area is 118 Å². The lowest BCUT2D eigenvalue weighted by atomic mass is 10.1. The largest absolute Gasteiger partial charge is 0.453 e. The molecular formula is C16H8ClNO2. The maximum absolute atomic E-state index is 12.1. The lowest BCUT2D eigenvalue weighted by molar-refractivity contribution is 0.614. The minimum atomic E-state index is -0.0694.